The minimum absolute atomic E-state index is 0.113. The Labute approximate surface area is 212 Å². The summed E-state index contributed by atoms with van der Waals surface area (Å²) in [6.07, 6.45) is 0.113. The van der Waals surface area contributed by atoms with Crippen molar-refractivity contribution < 1.29 is 28.2 Å². The van der Waals surface area contributed by atoms with Crippen LogP contribution in [0.15, 0.2) is 66.0 Å². The van der Waals surface area contributed by atoms with Crippen molar-refractivity contribution in [2.45, 2.75) is 32.0 Å². The predicted molar refractivity (Wildman–Crippen MR) is 133 cm³/mol. The van der Waals surface area contributed by atoms with Crippen molar-refractivity contribution in [1.29, 1.82) is 0 Å². The lowest BCUT2D eigenvalue weighted by Gasteiger charge is -2.31. The number of ether oxygens (including phenoxy) is 2. The Hall–Kier alpha value is -3.72. The standard InChI is InChI=1S/C27H27FN2O5S/c1-3-35-27(33)21-15-22(25(31)29-16-17-6-10-19(28)11-7-17)30(26(32)23-5-4-14-36-23)24(21)18-8-12-20(34-2)13-9-18/h4-14,21-22,24H,3,15-16H2,1-2H3,(H,29,31). The van der Waals surface area contributed by atoms with Crippen molar-refractivity contribution >= 4 is 29.1 Å². The smallest absolute Gasteiger partial charge is 0.311 e. The molecular weight excluding hydrogens is 483 g/mol. The Kier molecular flexibility index (Phi) is 8.00. The normalized spacial score (nSPS) is 19.1. The lowest BCUT2D eigenvalue weighted by molar-refractivity contribution is -0.148. The number of rotatable bonds is 8. The minimum Gasteiger partial charge on any atom is -0.497 e. The van der Waals surface area contributed by atoms with Crippen LogP contribution in [-0.2, 0) is 20.9 Å². The van der Waals surface area contributed by atoms with Gasteiger partial charge in [0.1, 0.15) is 17.6 Å². The molecule has 1 fully saturated rings. The van der Waals surface area contributed by atoms with E-state index in [1.807, 2.05) is 0 Å². The van der Waals surface area contributed by atoms with E-state index in [2.05, 4.69) is 5.32 Å². The summed E-state index contributed by atoms with van der Waals surface area (Å²) in [5.41, 5.74) is 1.42. The van der Waals surface area contributed by atoms with E-state index in [0.29, 0.717) is 21.8 Å². The molecule has 3 atom stereocenters. The fourth-order valence-electron chi connectivity index (χ4n) is 4.48. The molecule has 1 N–H and O–H groups in total. The van der Waals surface area contributed by atoms with Crippen LogP contribution >= 0.6 is 11.3 Å². The van der Waals surface area contributed by atoms with Crippen molar-refractivity contribution in [2.24, 2.45) is 5.92 Å². The topological polar surface area (TPSA) is 84.9 Å². The van der Waals surface area contributed by atoms with Gasteiger partial charge in [0, 0.05) is 6.54 Å². The van der Waals surface area contributed by atoms with Gasteiger partial charge in [0.25, 0.3) is 5.91 Å². The average Bonchev–Trinajstić information content (AvgIpc) is 3.57. The van der Waals surface area contributed by atoms with E-state index < -0.39 is 29.9 Å². The van der Waals surface area contributed by atoms with Gasteiger partial charge in [-0.15, -0.1) is 11.3 Å². The molecule has 1 saturated heterocycles. The summed E-state index contributed by atoms with van der Waals surface area (Å²) in [6.45, 7) is 2.07. The Bertz CT molecular complexity index is 1200. The molecule has 0 radical (unpaired) electrons. The van der Waals surface area contributed by atoms with Crippen LogP contribution in [0.4, 0.5) is 4.39 Å². The zero-order valence-electron chi connectivity index (χ0n) is 20.0. The highest BCUT2D eigenvalue weighted by Gasteiger charge is 2.51. The quantitative estimate of drug-likeness (QED) is 0.456. The molecule has 4 rings (SSSR count). The fourth-order valence-corrected chi connectivity index (χ4v) is 5.14. The number of carbonyl (C=O) groups excluding carboxylic acids is 3. The van der Waals surface area contributed by atoms with Gasteiger partial charge in [-0.05, 0) is 60.2 Å². The Morgan fingerprint density at radius 3 is 2.42 bits per heavy atom. The first-order chi connectivity index (χ1) is 17.4. The average molecular weight is 511 g/mol. The monoisotopic (exact) mass is 510 g/mol. The Morgan fingerprint density at radius 1 is 1.08 bits per heavy atom. The van der Waals surface area contributed by atoms with Crippen LogP contribution in [0.25, 0.3) is 0 Å². The maximum Gasteiger partial charge on any atom is 0.311 e. The molecule has 3 unspecified atom stereocenters. The summed E-state index contributed by atoms with van der Waals surface area (Å²) in [6, 6.07) is 14.8. The number of amides is 2. The van der Waals surface area contributed by atoms with Gasteiger partial charge in [0.2, 0.25) is 5.91 Å². The van der Waals surface area contributed by atoms with Crippen LogP contribution in [0, 0.1) is 11.7 Å². The SMILES string of the molecule is CCOC(=O)C1CC(C(=O)NCc2ccc(F)cc2)N(C(=O)c2cccs2)C1c1ccc(OC)cc1. The van der Waals surface area contributed by atoms with Crippen molar-refractivity contribution in [1.82, 2.24) is 10.2 Å². The summed E-state index contributed by atoms with van der Waals surface area (Å²) in [5.74, 6) is -1.66. The highest BCUT2D eigenvalue weighted by Crippen LogP contribution is 2.43. The highest BCUT2D eigenvalue weighted by molar-refractivity contribution is 7.12. The second kappa shape index (κ2) is 11.3. The maximum absolute atomic E-state index is 13.7. The van der Waals surface area contributed by atoms with Crippen LogP contribution in [-0.4, -0.2) is 42.4 Å². The second-order valence-corrected chi connectivity index (χ2v) is 9.31. The molecule has 9 heteroatoms. The Morgan fingerprint density at radius 2 is 1.81 bits per heavy atom. The summed E-state index contributed by atoms with van der Waals surface area (Å²) in [7, 11) is 1.56. The lowest BCUT2D eigenvalue weighted by atomic mass is 9.93. The van der Waals surface area contributed by atoms with Crippen molar-refractivity contribution in [2.75, 3.05) is 13.7 Å². The van der Waals surface area contributed by atoms with Crippen LogP contribution in [0.2, 0.25) is 0 Å². The number of halogens is 1. The van der Waals surface area contributed by atoms with Crippen molar-refractivity contribution in [3.8, 4) is 5.75 Å². The first-order valence-electron chi connectivity index (χ1n) is 11.6. The first-order valence-corrected chi connectivity index (χ1v) is 12.5. The second-order valence-electron chi connectivity index (χ2n) is 8.36. The molecule has 2 aromatic carbocycles. The molecular formula is C27H27FN2O5S. The van der Waals surface area contributed by atoms with Gasteiger partial charge in [-0.2, -0.15) is 0 Å². The number of methoxy groups -OCH3 is 1. The summed E-state index contributed by atoms with van der Waals surface area (Å²) < 4.78 is 23.9. The van der Waals surface area contributed by atoms with E-state index in [1.54, 1.807) is 67.9 Å². The van der Waals surface area contributed by atoms with Crippen molar-refractivity contribution in [3.05, 3.63) is 87.9 Å². The molecule has 188 valence electrons. The van der Waals surface area contributed by atoms with Crippen molar-refractivity contribution in [3.63, 3.8) is 0 Å². The number of esters is 1. The largest absolute Gasteiger partial charge is 0.497 e. The number of benzene rings is 2. The fraction of sp³-hybridized carbons (Fsp3) is 0.296. The third-order valence-corrected chi connectivity index (χ3v) is 7.05. The summed E-state index contributed by atoms with van der Waals surface area (Å²) in [4.78, 5) is 42.1. The highest BCUT2D eigenvalue weighted by atomic mass is 32.1. The lowest BCUT2D eigenvalue weighted by Crippen LogP contribution is -2.46. The van der Waals surface area contributed by atoms with Gasteiger partial charge in [-0.3, -0.25) is 14.4 Å². The van der Waals surface area contributed by atoms with Gasteiger partial charge in [-0.1, -0.05) is 30.3 Å². The zero-order valence-corrected chi connectivity index (χ0v) is 20.8. The Balaban J connectivity index is 1.69. The molecule has 3 aromatic rings. The third-order valence-electron chi connectivity index (χ3n) is 6.19. The number of thiophene rings is 1. The minimum atomic E-state index is -0.901. The molecule has 36 heavy (non-hydrogen) atoms. The molecule has 1 aliphatic heterocycles. The van der Waals surface area contributed by atoms with Crippen LogP contribution in [0.5, 0.6) is 5.75 Å². The number of carbonyl (C=O) groups is 3. The molecule has 0 spiro atoms. The number of nitrogens with zero attached hydrogens (tertiary/aromatic N) is 1. The van der Waals surface area contributed by atoms with E-state index in [-0.39, 0.29) is 31.3 Å². The van der Waals surface area contributed by atoms with Crippen LogP contribution < -0.4 is 10.1 Å². The molecule has 2 amide bonds. The van der Waals surface area contributed by atoms with E-state index in [4.69, 9.17) is 9.47 Å². The molecule has 0 saturated carbocycles. The first kappa shape index (κ1) is 25.4. The molecule has 2 heterocycles. The third kappa shape index (κ3) is 5.41. The van der Waals surface area contributed by atoms with Gasteiger partial charge in [0.05, 0.1) is 30.6 Å². The predicted octanol–water partition coefficient (Wildman–Crippen LogP) is 4.35. The molecule has 0 aliphatic carbocycles. The summed E-state index contributed by atoms with van der Waals surface area (Å²) in [5, 5.41) is 4.64. The van der Waals surface area contributed by atoms with E-state index in [0.717, 1.165) is 0 Å². The zero-order chi connectivity index (χ0) is 25.7. The number of likely N-dealkylation sites (tertiary alicyclic amines) is 1. The summed E-state index contributed by atoms with van der Waals surface area (Å²) >= 11 is 1.27. The van der Waals surface area contributed by atoms with Crippen LogP contribution in [0.1, 0.15) is 40.2 Å². The van der Waals surface area contributed by atoms with E-state index >= 15 is 0 Å². The van der Waals surface area contributed by atoms with E-state index in [9.17, 15) is 18.8 Å². The number of hydrogen-bond donors (Lipinski definition) is 1. The number of nitrogens with one attached hydrogen (secondary N) is 1. The molecule has 1 aliphatic rings. The van der Waals surface area contributed by atoms with E-state index in [1.165, 1.54) is 28.4 Å². The van der Waals surface area contributed by atoms with Gasteiger partial charge < -0.3 is 19.7 Å². The van der Waals surface area contributed by atoms with Gasteiger partial charge in [0.15, 0.2) is 0 Å². The maximum atomic E-state index is 13.7. The van der Waals surface area contributed by atoms with Crippen LogP contribution in [0.3, 0.4) is 0 Å². The molecule has 0 bridgehead atoms. The molecule has 1 aromatic heterocycles. The van der Waals surface area contributed by atoms with Gasteiger partial charge >= 0.3 is 5.97 Å². The van der Waals surface area contributed by atoms with Gasteiger partial charge in [-0.25, -0.2) is 4.39 Å². The molecule has 7 nitrogen and oxygen atoms in total. The number of hydrogen-bond acceptors (Lipinski definition) is 6.